The minimum Gasteiger partial charge on any atom is -0.207 e. The Labute approximate surface area is 66.3 Å². The molecule has 0 aromatic rings. The maximum Gasteiger partial charge on any atom is 0.531 e. The van der Waals surface area contributed by atoms with Gasteiger partial charge in [-0.25, -0.2) is 13.2 Å². The summed E-state index contributed by atoms with van der Waals surface area (Å²) in [6.07, 6.45) is 0. The van der Waals surface area contributed by atoms with Gasteiger partial charge in [-0.1, -0.05) is 6.92 Å². The summed E-state index contributed by atoms with van der Waals surface area (Å²) in [6.45, 7) is 1.57. The number of halogens is 4. The molecule has 5 heteroatoms. The summed E-state index contributed by atoms with van der Waals surface area (Å²) in [5.74, 6) is 0. The molecular formula is C3H6BrF3Mg. The van der Waals surface area contributed by atoms with E-state index in [0.717, 1.165) is 0 Å². The van der Waals surface area contributed by atoms with Gasteiger partial charge in [-0.2, -0.15) is 0 Å². The highest BCUT2D eigenvalue weighted by atomic mass is 79.9. The lowest BCUT2D eigenvalue weighted by atomic mass is 11.0. The fraction of sp³-hybridized carbons (Fsp3) is 1.00. The van der Waals surface area contributed by atoms with E-state index in [-0.39, 0.29) is 17.0 Å². The lowest BCUT2D eigenvalue weighted by molar-refractivity contribution is -0.0470. The van der Waals surface area contributed by atoms with E-state index < -0.39 is 24.7 Å². The fourth-order valence-corrected chi connectivity index (χ4v) is 0.850. The van der Waals surface area contributed by atoms with Gasteiger partial charge in [0.1, 0.15) is 0 Å². The lowest BCUT2D eigenvalue weighted by Crippen LogP contribution is -2.16. The summed E-state index contributed by atoms with van der Waals surface area (Å²) in [6, 6.07) is 0. The molecule has 0 fully saturated rings. The molecule has 0 N–H and O–H groups in total. The predicted molar refractivity (Wildman–Crippen MR) is 32.6 cm³/mol. The topological polar surface area (TPSA) is 0 Å². The zero-order valence-electron chi connectivity index (χ0n) is 4.46. The number of alkyl halides is 3. The molecule has 0 aliphatic heterocycles. The van der Waals surface area contributed by atoms with Gasteiger partial charge in [0.2, 0.25) is 0 Å². The van der Waals surface area contributed by atoms with E-state index in [0.29, 0.717) is 4.55 Å². The van der Waals surface area contributed by atoms with Crippen molar-refractivity contribution in [3.05, 3.63) is 0 Å². The zero-order valence-corrected chi connectivity index (χ0v) is 7.58. The van der Waals surface area contributed by atoms with Crippen molar-refractivity contribution in [1.29, 1.82) is 0 Å². The largest absolute Gasteiger partial charge is 0.531 e. The minimum atomic E-state index is -3.81. The predicted octanol–water partition coefficient (Wildman–Crippen LogP) is 2.23. The number of hydrogen-bond acceptors (Lipinski definition) is 0. The SMILES string of the molecule is Br.C[CH2][Mg][C](F)(F)F. The minimum absolute atomic E-state index is 0. The molecule has 0 saturated carbocycles. The second-order valence-electron chi connectivity index (χ2n) is 1.37. The Hall–Kier alpha value is 1.04. The Bertz CT molecular complexity index is 53.0. The first kappa shape index (κ1) is 11.8. The van der Waals surface area contributed by atoms with E-state index in [2.05, 4.69) is 0 Å². The zero-order chi connectivity index (χ0) is 5.91. The second kappa shape index (κ2) is 4.87. The quantitative estimate of drug-likeness (QED) is 0.573. The molecule has 0 bridgehead atoms. The van der Waals surface area contributed by atoms with Crippen molar-refractivity contribution in [2.45, 2.75) is 15.8 Å². The van der Waals surface area contributed by atoms with Gasteiger partial charge in [0.05, 0.1) is 0 Å². The molecule has 0 atom stereocenters. The lowest BCUT2D eigenvalue weighted by Gasteiger charge is -1.99. The molecule has 8 heavy (non-hydrogen) atoms. The normalized spacial score (nSPS) is 9.50. The molecule has 48 valence electrons. The van der Waals surface area contributed by atoms with Crippen LogP contribution in [0.5, 0.6) is 0 Å². The van der Waals surface area contributed by atoms with Crippen LogP contribution < -0.4 is 0 Å². The first-order valence-corrected chi connectivity index (χ1v) is 3.83. The van der Waals surface area contributed by atoms with Crippen molar-refractivity contribution in [3.8, 4) is 0 Å². The van der Waals surface area contributed by atoms with Crippen LogP contribution in [0.25, 0.3) is 0 Å². The van der Waals surface area contributed by atoms with E-state index in [1.54, 1.807) is 6.92 Å². The van der Waals surface area contributed by atoms with Gasteiger partial charge in [0.25, 0.3) is 4.31 Å². The molecule has 0 aliphatic rings. The molecular weight excluding hydrogens is 197 g/mol. The molecule has 0 nitrogen and oxygen atoms in total. The van der Waals surface area contributed by atoms with Gasteiger partial charge >= 0.3 is 20.4 Å². The third-order valence-electron chi connectivity index (χ3n) is 0.533. The van der Waals surface area contributed by atoms with E-state index in [4.69, 9.17) is 0 Å². The summed E-state index contributed by atoms with van der Waals surface area (Å²) in [5, 5.41) is 0. The molecule has 0 saturated heterocycles. The van der Waals surface area contributed by atoms with Crippen LogP contribution in [-0.4, -0.2) is 24.7 Å². The van der Waals surface area contributed by atoms with Crippen molar-refractivity contribution in [2.75, 3.05) is 0 Å². The van der Waals surface area contributed by atoms with Crippen LogP contribution in [0.15, 0.2) is 0 Å². The first-order chi connectivity index (χ1) is 3.06. The Morgan fingerprint density at radius 2 is 1.75 bits per heavy atom. The average Bonchev–Trinajstić information content (AvgIpc) is 1.30. The second-order valence-corrected chi connectivity index (χ2v) is 3.67. The van der Waals surface area contributed by atoms with Crippen LogP contribution in [-0.2, 0) is 0 Å². The van der Waals surface area contributed by atoms with Crippen molar-refractivity contribution < 1.29 is 13.2 Å². The first-order valence-electron chi connectivity index (χ1n) is 2.13. The monoisotopic (exact) mass is 202 g/mol. The Morgan fingerprint density at radius 3 is 1.75 bits per heavy atom. The van der Waals surface area contributed by atoms with Crippen LogP contribution in [0.2, 0.25) is 4.55 Å². The van der Waals surface area contributed by atoms with Crippen LogP contribution in [0.1, 0.15) is 6.92 Å². The highest BCUT2D eigenvalue weighted by molar-refractivity contribution is 8.93. The van der Waals surface area contributed by atoms with Gasteiger partial charge in [-0.15, -0.1) is 21.5 Å². The van der Waals surface area contributed by atoms with Crippen LogP contribution in [0.4, 0.5) is 13.2 Å². The summed E-state index contributed by atoms with van der Waals surface area (Å²) in [4.78, 5) is 0. The maximum atomic E-state index is 11.1. The Balaban J connectivity index is 0. The third-order valence-corrected chi connectivity index (χ3v) is 1.60. The number of rotatable bonds is 1. The van der Waals surface area contributed by atoms with Gasteiger partial charge in [-0.05, 0) is 0 Å². The standard InChI is InChI=1S/C2H5.CF3.BrH.Mg/c1-2;2-1(3)4;;/h1H2,2H3;;1H;. The van der Waals surface area contributed by atoms with E-state index >= 15 is 0 Å². The van der Waals surface area contributed by atoms with Crippen molar-refractivity contribution in [2.24, 2.45) is 0 Å². The van der Waals surface area contributed by atoms with Crippen molar-refractivity contribution in [3.63, 3.8) is 0 Å². The smallest absolute Gasteiger partial charge is 0.207 e. The summed E-state index contributed by atoms with van der Waals surface area (Å²) in [5.41, 5.74) is 0. The molecule has 0 unspecified atom stereocenters. The van der Waals surface area contributed by atoms with Gasteiger partial charge in [0.15, 0.2) is 0 Å². The van der Waals surface area contributed by atoms with Gasteiger partial charge in [0, 0.05) is 0 Å². The molecule has 0 radical (unpaired) electrons. The highest BCUT2D eigenvalue weighted by Crippen LogP contribution is 2.12. The van der Waals surface area contributed by atoms with Crippen LogP contribution >= 0.6 is 17.0 Å². The fourth-order valence-electron chi connectivity index (χ4n) is 0.283. The molecule has 0 amide bonds. The molecule has 0 spiro atoms. The molecule has 0 aliphatic carbocycles. The van der Waals surface area contributed by atoms with Crippen LogP contribution in [0.3, 0.4) is 0 Å². The van der Waals surface area contributed by atoms with Crippen LogP contribution in [0, 0.1) is 0 Å². The summed E-state index contributed by atoms with van der Waals surface area (Å²) >= 11 is -1.74. The number of hydrogen-bond donors (Lipinski definition) is 0. The van der Waals surface area contributed by atoms with E-state index in [9.17, 15) is 13.2 Å². The van der Waals surface area contributed by atoms with E-state index in [1.807, 2.05) is 0 Å². The maximum absolute atomic E-state index is 11.1. The summed E-state index contributed by atoms with van der Waals surface area (Å²) < 4.78 is 29.9. The van der Waals surface area contributed by atoms with E-state index in [1.165, 1.54) is 0 Å². The third kappa shape index (κ3) is 10.1. The molecule has 0 heterocycles. The molecule has 0 aromatic heterocycles. The van der Waals surface area contributed by atoms with Gasteiger partial charge in [-0.3, -0.25) is 0 Å². The Morgan fingerprint density at radius 1 is 1.38 bits per heavy atom. The van der Waals surface area contributed by atoms with Crippen molar-refractivity contribution >= 4 is 37.3 Å². The van der Waals surface area contributed by atoms with Gasteiger partial charge < -0.3 is 0 Å². The molecule has 0 rings (SSSR count). The highest BCUT2D eigenvalue weighted by Gasteiger charge is 2.28. The molecule has 0 aromatic carbocycles. The van der Waals surface area contributed by atoms with Crippen molar-refractivity contribution in [1.82, 2.24) is 0 Å². The Kier molecular flexibility index (Phi) is 7.18. The average molecular weight is 203 g/mol. The summed E-state index contributed by atoms with van der Waals surface area (Å²) in [7, 11) is 0.